The van der Waals surface area contributed by atoms with Crippen molar-refractivity contribution in [1.82, 2.24) is 10.2 Å². The Bertz CT molecular complexity index is 488. The van der Waals surface area contributed by atoms with E-state index in [9.17, 15) is 4.79 Å². The van der Waals surface area contributed by atoms with Crippen LogP contribution < -0.4 is 10.1 Å². The van der Waals surface area contributed by atoms with Gasteiger partial charge in [0, 0.05) is 25.7 Å². The lowest BCUT2D eigenvalue weighted by molar-refractivity contribution is 0.196. The van der Waals surface area contributed by atoms with Crippen molar-refractivity contribution in [2.75, 3.05) is 26.7 Å². The third kappa shape index (κ3) is 5.10. The average Bonchev–Trinajstić information content (AvgIpc) is 2.58. The number of rotatable bonds is 3. The lowest BCUT2D eigenvalue weighted by Gasteiger charge is -2.28. The van der Waals surface area contributed by atoms with Gasteiger partial charge in [-0.3, -0.25) is 0 Å². The van der Waals surface area contributed by atoms with Crippen molar-refractivity contribution < 1.29 is 9.53 Å². The largest absolute Gasteiger partial charge is 0.493 e. The Morgan fingerprint density at radius 2 is 1.91 bits per heavy atom. The van der Waals surface area contributed by atoms with Crippen LogP contribution in [0.1, 0.15) is 39.2 Å². The fourth-order valence-corrected chi connectivity index (χ4v) is 2.41. The highest BCUT2D eigenvalue weighted by Gasteiger charge is 2.17. The van der Waals surface area contributed by atoms with Crippen LogP contribution >= 0.6 is 0 Å². The highest BCUT2D eigenvalue weighted by Crippen LogP contribution is 2.25. The van der Waals surface area contributed by atoms with Gasteiger partial charge in [-0.1, -0.05) is 43.7 Å². The average molecular weight is 304 g/mol. The van der Waals surface area contributed by atoms with Crippen molar-refractivity contribution in [2.45, 2.75) is 33.6 Å². The standard InChI is InChI=1S/C16H22N2O2.C2H6/c1-3-20-15-7-5-4-6-14(15)12-13-8-10-18(11-9-13)16(19)17-2;1-2/h4-7,12H,3,8-11H2,1-2H3,(H,17,19);1-2H3. The van der Waals surface area contributed by atoms with Crippen molar-refractivity contribution in [2.24, 2.45) is 0 Å². The van der Waals surface area contributed by atoms with Crippen LogP contribution in [0.2, 0.25) is 0 Å². The lowest BCUT2D eigenvalue weighted by atomic mass is 10.0. The van der Waals surface area contributed by atoms with Crippen LogP contribution in [0.25, 0.3) is 6.08 Å². The highest BCUT2D eigenvalue weighted by molar-refractivity contribution is 5.74. The van der Waals surface area contributed by atoms with Gasteiger partial charge in [-0.2, -0.15) is 0 Å². The van der Waals surface area contributed by atoms with E-state index in [-0.39, 0.29) is 6.03 Å². The third-order valence-electron chi connectivity index (χ3n) is 3.49. The molecule has 1 aromatic rings. The summed E-state index contributed by atoms with van der Waals surface area (Å²) in [4.78, 5) is 13.4. The number of amides is 2. The maximum Gasteiger partial charge on any atom is 0.317 e. The predicted molar refractivity (Wildman–Crippen MR) is 92.2 cm³/mol. The molecule has 0 aliphatic carbocycles. The molecular formula is C18H28N2O2. The fraction of sp³-hybridized carbons (Fsp3) is 0.500. The Kier molecular flexibility index (Phi) is 8.11. The molecule has 0 radical (unpaired) electrons. The normalized spacial score (nSPS) is 13.8. The maximum atomic E-state index is 11.5. The predicted octanol–water partition coefficient (Wildman–Crippen LogP) is 3.93. The first-order valence-corrected chi connectivity index (χ1v) is 8.12. The van der Waals surface area contributed by atoms with E-state index in [0.29, 0.717) is 6.61 Å². The van der Waals surface area contributed by atoms with Gasteiger partial charge in [-0.25, -0.2) is 4.79 Å². The zero-order valence-corrected chi connectivity index (χ0v) is 14.2. The Morgan fingerprint density at radius 1 is 1.27 bits per heavy atom. The number of carbonyl (C=O) groups is 1. The van der Waals surface area contributed by atoms with E-state index in [0.717, 1.165) is 37.2 Å². The van der Waals surface area contributed by atoms with Crippen LogP contribution in [0.4, 0.5) is 4.79 Å². The summed E-state index contributed by atoms with van der Waals surface area (Å²) in [6.45, 7) is 8.22. The maximum absolute atomic E-state index is 11.5. The summed E-state index contributed by atoms with van der Waals surface area (Å²) >= 11 is 0. The minimum atomic E-state index is 0.0127. The van der Waals surface area contributed by atoms with Gasteiger partial charge < -0.3 is 15.0 Å². The molecule has 2 amide bonds. The number of nitrogens with one attached hydrogen (secondary N) is 1. The van der Waals surface area contributed by atoms with E-state index < -0.39 is 0 Å². The molecule has 1 aliphatic rings. The van der Waals surface area contributed by atoms with Gasteiger partial charge in [-0.15, -0.1) is 0 Å². The van der Waals surface area contributed by atoms with Gasteiger partial charge in [0.1, 0.15) is 5.75 Å². The molecule has 2 rings (SSSR count). The van der Waals surface area contributed by atoms with Crippen LogP contribution in [0.3, 0.4) is 0 Å². The molecule has 0 saturated carbocycles. The number of carbonyl (C=O) groups excluding carboxylic acids is 1. The number of likely N-dealkylation sites (tertiary alicyclic amines) is 1. The quantitative estimate of drug-likeness (QED) is 0.919. The molecule has 1 heterocycles. The van der Waals surface area contributed by atoms with E-state index in [2.05, 4.69) is 17.5 Å². The molecule has 1 N–H and O–H groups in total. The van der Waals surface area contributed by atoms with E-state index in [1.165, 1.54) is 5.57 Å². The fourth-order valence-electron chi connectivity index (χ4n) is 2.41. The van der Waals surface area contributed by atoms with Crippen molar-refractivity contribution in [1.29, 1.82) is 0 Å². The molecule has 0 aromatic heterocycles. The Balaban J connectivity index is 0.00000116. The second-order valence-electron chi connectivity index (χ2n) is 4.82. The monoisotopic (exact) mass is 304 g/mol. The summed E-state index contributed by atoms with van der Waals surface area (Å²) in [6.07, 6.45) is 4.05. The minimum Gasteiger partial charge on any atom is -0.493 e. The van der Waals surface area contributed by atoms with Gasteiger partial charge in [0.25, 0.3) is 0 Å². The number of ether oxygens (including phenoxy) is 1. The summed E-state index contributed by atoms with van der Waals surface area (Å²) in [7, 11) is 1.67. The molecule has 1 saturated heterocycles. The zero-order valence-electron chi connectivity index (χ0n) is 14.2. The summed E-state index contributed by atoms with van der Waals surface area (Å²) < 4.78 is 5.64. The molecule has 0 unspecified atom stereocenters. The Morgan fingerprint density at radius 3 is 2.50 bits per heavy atom. The van der Waals surface area contributed by atoms with Crippen LogP contribution in [-0.4, -0.2) is 37.7 Å². The second-order valence-corrected chi connectivity index (χ2v) is 4.82. The molecule has 0 atom stereocenters. The minimum absolute atomic E-state index is 0.0127. The van der Waals surface area contributed by atoms with E-state index in [4.69, 9.17) is 4.74 Å². The van der Waals surface area contributed by atoms with Crippen molar-refractivity contribution in [3.8, 4) is 5.75 Å². The molecule has 1 aliphatic heterocycles. The highest BCUT2D eigenvalue weighted by atomic mass is 16.5. The number of hydrogen-bond acceptors (Lipinski definition) is 2. The van der Waals surface area contributed by atoms with E-state index in [1.54, 1.807) is 7.05 Å². The Hall–Kier alpha value is -1.97. The molecule has 0 spiro atoms. The topological polar surface area (TPSA) is 41.6 Å². The smallest absolute Gasteiger partial charge is 0.317 e. The van der Waals surface area contributed by atoms with Gasteiger partial charge in [0.15, 0.2) is 0 Å². The summed E-state index contributed by atoms with van der Waals surface area (Å²) in [5.41, 5.74) is 2.50. The summed E-state index contributed by atoms with van der Waals surface area (Å²) in [5.74, 6) is 0.927. The molecular weight excluding hydrogens is 276 g/mol. The first-order valence-electron chi connectivity index (χ1n) is 8.12. The molecule has 1 fully saturated rings. The summed E-state index contributed by atoms with van der Waals surface area (Å²) in [6, 6.07) is 8.09. The molecule has 122 valence electrons. The molecule has 4 heteroatoms. The van der Waals surface area contributed by atoms with Crippen LogP contribution in [0.15, 0.2) is 29.8 Å². The number of urea groups is 1. The Labute approximate surface area is 134 Å². The number of hydrogen-bond donors (Lipinski definition) is 1. The van der Waals surface area contributed by atoms with Gasteiger partial charge in [-0.05, 0) is 25.8 Å². The van der Waals surface area contributed by atoms with Crippen molar-refractivity contribution in [3.63, 3.8) is 0 Å². The molecule has 4 nitrogen and oxygen atoms in total. The number of benzene rings is 1. The number of piperidine rings is 1. The first kappa shape index (κ1) is 18.1. The second kappa shape index (κ2) is 9.87. The van der Waals surface area contributed by atoms with Gasteiger partial charge >= 0.3 is 6.03 Å². The van der Waals surface area contributed by atoms with Gasteiger partial charge in [0.2, 0.25) is 0 Å². The van der Waals surface area contributed by atoms with Crippen molar-refractivity contribution in [3.05, 3.63) is 35.4 Å². The zero-order chi connectivity index (χ0) is 16.4. The third-order valence-corrected chi connectivity index (χ3v) is 3.49. The molecule has 1 aromatic carbocycles. The lowest BCUT2D eigenvalue weighted by Crippen LogP contribution is -2.41. The van der Waals surface area contributed by atoms with Crippen LogP contribution in [-0.2, 0) is 0 Å². The van der Waals surface area contributed by atoms with Crippen LogP contribution in [0, 0.1) is 0 Å². The molecule has 22 heavy (non-hydrogen) atoms. The van der Waals surface area contributed by atoms with Crippen LogP contribution in [0.5, 0.6) is 5.75 Å². The number of para-hydroxylation sites is 1. The number of nitrogens with zero attached hydrogens (tertiary/aromatic N) is 1. The van der Waals surface area contributed by atoms with Gasteiger partial charge in [0.05, 0.1) is 6.61 Å². The SMILES string of the molecule is CC.CCOc1ccccc1C=C1CCN(C(=O)NC)CC1. The first-order chi connectivity index (χ1) is 10.7. The summed E-state index contributed by atoms with van der Waals surface area (Å²) in [5, 5.41) is 2.67. The molecule has 0 bridgehead atoms. The van der Waals surface area contributed by atoms with E-state index >= 15 is 0 Å². The van der Waals surface area contributed by atoms with E-state index in [1.807, 2.05) is 43.9 Å². The van der Waals surface area contributed by atoms with Crippen molar-refractivity contribution >= 4 is 12.1 Å².